The van der Waals surface area contributed by atoms with E-state index in [9.17, 15) is 5.11 Å². The Balaban J connectivity index is 1.94. The second-order valence-corrected chi connectivity index (χ2v) is 4.71. The van der Waals surface area contributed by atoms with E-state index in [4.69, 9.17) is 0 Å². The van der Waals surface area contributed by atoms with Crippen LogP contribution < -0.4 is 5.32 Å². The minimum atomic E-state index is -0.0931. The van der Waals surface area contributed by atoms with Gasteiger partial charge in [-0.15, -0.1) is 10.2 Å². The molecule has 2 rings (SSSR count). The van der Waals surface area contributed by atoms with Gasteiger partial charge in [0, 0.05) is 12.6 Å². The molecule has 0 aliphatic heterocycles. The summed E-state index contributed by atoms with van der Waals surface area (Å²) in [5.74, 6) is 0.915. The molecule has 1 aromatic heterocycles. The SMILES string of the molecule is Cn1cnnc1CNC1(CO)CCCCC1. The molecule has 1 saturated carbocycles. The molecule has 0 bridgehead atoms. The molecule has 0 radical (unpaired) electrons. The van der Waals surface area contributed by atoms with Crippen molar-refractivity contribution >= 4 is 0 Å². The van der Waals surface area contributed by atoms with Crippen LogP contribution in [0.25, 0.3) is 0 Å². The standard InChI is InChI=1S/C11H20N4O/c1-15-9-13-14-10(15)7-12-11(8-16)5-3-2-4-6-11/h9,12,16H,2-8H2,1H3. The highest BCUT2D eigenvalue weighted by molar-refractivity contribution is 4.93. The molecule has 16 heavy (non-hydrogen) atoms. The van der Waals surface area contributed by atoms with Crippen LogP contribution in [0.15, 0.2) is 6.33 Å². The maximum Gasteiger partial charge on any atom is 0.146 e. The maximum atomic E-state index is 9.53. The maximum absolute atomic E-state index is 9.53. The third-order valence-electron chi connectivity index (χ3n) is 3.54. The first-order valence-electron chi connectivity index (χ1n) is 5.94. The number of aromatic nitrogens is 3. The van der Waals surface area contributed by atoms with Gasteiger partial charge in [0.25, 0.3) is 0 Å². The minimum absolute atomic E-state index is 0.0931. The second-order valence-electron chi connectivity index (χ2n) is 4.71. The van der Waals surface area contributed by atoms with Crippen molar-refractivity contribution in [3.05, 3.63) is 12.2 Å². The summed E-state index contributed by atoms with van der Waals surface area (Å²) in [6.07, 6.45) is 7.50. The summed E-state index contributed by atoms with van der Waals surface area (Å²) in [5.41, 5.74) is -0.0931. The van der Waals surface area contributed by atoms with E-state index in [-0.39, 0.29) is 12.1 Å². The first-order chi connectivity index (χ1) is 7.76. The first kappa shape index (κ1) is 11.5. The molecule has 0 atom stereocenters. The van der Waals surface area contributed by atoms with Crippen molar-refractivity contribution in [3.63, 3.8) is 0 Å². The van der Waals surface area contributed by atoms with E-state index >= 15 is 0 Å². The van der Waals surface area contributed by atoms with Crippen molar-refractivity contribution in [3.8, 4) is 0 Å². The Morgan fingerprint density at radius 1 is 1.44 bits per heavy atom. The summed E-state index contributed by atoms with van der Waals surface area (Å²) >= 11 is 0. The van der Waals surface area contributed by atoms with Crippen molar-refractivity contribution in [2.24, 2.45) is 7.05 Å². The van der Waals surface area contributed by atoms with Crippen LogP contribution in [0, 0.1) is 0 Å². The quantitative estimate of drug-likeness (QED) is 0.786. The Hall–Kier alpha value is -0.940. The summed E-state index contributed by atoms with van der Waals surface area (Å²) in [5, 5.41) is 20.9. The molecule has 5 nitrogen and oxygen atoms in total. The highest BCUT2D eigenvalue weighted by Gasteiger charge is 2.30. The van der Waals surface area contributed by atoms with Gasteiger partial charge in [-0.2, -0.15) is 0 Å². The Kier molecular flexibility index (Phi) is 3.56. The number of hydrogen-bond acceptors (Lipinski definition) is 4. The lowest BCUT2D eigenvalue weighted by Crippen LogP contribution is -2.49. The molecule has 0 amide bonds. The number of aliphatic hydroxyl groups is 1. The molecule has 0 spiro atoms. The molecular formula is C11H20N4O. The van der Waals surface area contributed by atoms with Crippen molar-refractivity contribution < 1.29 is 5.11 Å². The Morgan fingerprint density at radius 2 is 2.19 bits per heavy atom. The monoisotopic (exact) mass is 224 g/mol. The highest BCUT2D eigenvalue weighted by Crippen LogP contribution is 2.27. The van der Waals surface area contributed by atoms with Gasteiger partial charge in [-0.05, 0) is 12.8 Å². The van der Waals surface area contributed by atoms with Gasteiger partial charge in [-0.1, -0.05) is 19.3 Å². The minimum Gasteiger partial charge on any atom is -0.394 e. The Bertz CT molecular complexity index is 330. The van der Waals surface area contributed by atoms with Crippen molar-refractivity contribution in [1.82, 2.24) is 20.1 Å². The number of hydrogen-bond donors (Lipinski definition) is 2. The van der Waals surface area contributed by atoms with Gasteiger partial charge in [0.2, 0.25) is 0 Å². The molecule has 1 aromatic rings. The number of rotatable bonds is 4. The van der Waals surface area contributed by atoms with Gasteiger partial charge < -0.3 is 15.0 Å². The van der Waals surface area contributed by atoms with Crippen molar-refractivity contribution in [1.29, 1.82) is 0 Å². The smallest absolute Gasteiger partial charge is 0.146 e. The molecule has 5 heteroatoms. The van der Waals surface area contributed by atoms with E-state index in [0.717, 1.165) is 18.7 Å². The molecule has 0 saturated heterocycles. The molecule has 1 aliphatic carbocycles. The topological polar surface area (TPSA) is 63.0 Å². The number of aliphatic hydroxyl groups excluding tert-OH is 1. The lowest BCUT2D eigenvalue weighted by molar-refractivity contribution is 0.118. The molecule has 1 aliphatic rings. The number of nitrogens with one attached hydrogen (secondary N) is 1. The van der Waals surface area contributed by atoms with Gasteiger partial charge in [-0.25, -0.2) is 0 Å². The fourth-order valence-corrected chi connectivity index (χ4v) is 2.35. The Morgan fingerprint density at radius 3 is 2.75 bits per heavy atom. The third-order valence-corrected chi connectivity index (χ3v) is 3.54. The van der Waals surface area contributed by atoms with Crippen molar-refractivity contribution in [2.45, 2.75) is 44.2 Å². The van der Waals surface area contributed by atoms with E-state index in [1.165, 1.54) is 19.3 Å². The number of aryl methyl sites for hydroxylation is 1. The summed E-state index contributed by atoms with van der Waals surface area (Å²) in [7, 11) is 1.93. The molecule has 0 unspecified atom stereocenters. The van der Waals surface area contributed by atoms with Gasteiger partial charge in [-0.3, -0.25) is 0 Å². The molecule has 90 valence electrons. The van der Waals surface area contributed by atoms with Gasteiger partial charge in [0.15, 0.2) is 0 Å². The lowest BCUT2D eigenvalue weighted by Gasteiger charge is -2.36. The molecule has 0 aromatic carbocycles. The zero-order valence-electron chi connectivity index (χ0n) is 9.82. The van der Waals surface area contributed by atoms with Crippen LogP contribution in [0.3, 0.4) is 0 Å². The summed E-state index contributed by atoms with van der Waals surface area (Å²) < 4.78 is 1.90. The van der Waals surface area contributed by atoms with E-state index in [2.05, 4.69) is 15.5 Å². The highest BCUT2D eigenvalue weighted by atomic mass is 16.3. The normalized spacial score (nSPS) is 19.9. The van der Waals surface area contributed by atoms with Crippen LogP contribution in [0.1, 0.15) is 37.9 Å². The molecule has 1 fully saturated rings. The van der Waals surface area contributed by atoms with Gasteiger partial charge in [0.05, 0.1) is 13.2 Å². The van der Waals surface area contributed by atoms with Gasteiger partial charge in [0.1, 0.15) is 12.2 Å². The summed E-state index contributed by atoms with van der Waals surface area (Å²) in [4.78, 5) is 0. The number of nitrogens with zero attached hydrogens (tertiary/aromatic N) is 3. The molecular weight excluding hydrogens is 204 g/mol. The predicted octanol–water partition coefficient (Wildman–Crippen LogP) is 0.600. The van der Waals surface area contributed by atoms with Crippen molar-refractivity contribution in [2.75, 3.05) is 6.61 Å². The van der Waals surface area contributed by atoms with E-state index < -0.39 is 0 Å². The molecule has 1 heterocycles. The van der Waals surface area contributed by atoms with E-state index in [0.29, 0.717) is 6.54 Å². The largest absolute Gasteiger partial charge is 0.394 e. The zero-order valence-corrected chi connectivity index (χ0v) is 9.82. The summed E-state index contributed by atoms with van der Waals surface area (Å²) in [6, 6.07) is 0. The van der Waals surface area contributed by atoms with Crippen LogP contribution in [0.5, 0.6) is 0 Å². The zero-order chi connectivity index (χ0) is 11.4. The average Bonchev–Trinajstić information content (AvgIpc) is 2.74. The predicted molar refractivity (Wildman–Crippen MR) is 60.7 cm³/mol. The third kappa shape index (κ3) is 2.41. The van der Waals surface area contributed by atoms with E-state index in [1.54, 1.807) is 6.33 Å². The van der Waals surface area contributed by atoms with Crippen LogP contribution in [0.4, 0.5) is 0 Å². The van der Waals surface area contributed by atoms with Crippen LogP contribution in [-0.2, 0) is 13.6 Å². The van der Waals surface area contributed by atoms with Gasteiger partial charge >= 0.3 is 0 Å². The average molecular weight is 224 g/mol. The van der Waals surface area contributed by atoms with Crippen LogP contribution >= 0.6 is 0 Å². The lowest BCUT2D eigenvalue weighted by atomic mass is 9.82. The fourth-order valence-electron chi connectivity index (χ4n) is 2.35. The fraction of sp³-hybridized carbons (Fsp3) is 0.818. The van der Waals surface area contributed by atoms with E-state index in [1.807, 2.05) is 11.6 Å². The second kappa shape index (κ2) is 4.93. The Labute approximate surface area is 95.9 Å². The van der Waals surface area contributed by atoms with Crippen LogP contribution in [0.2, 0.25) is 0 Å². The summed E-state index contributed by atoms with van der Waals surface area (Å²) in [6.45, 7) is 0.891. The first-order valence-corrected chi connectivity index (χ1v) is 5.94. The molecule has 2 N–H and O–H groups in total. The van der Waals surface area contributed by atoms with Crippen LogP contribution in [-0.4, -0.2) is 32.0 Å².